The van der Waals surface area contributed by atoms with E-state index in [0.29, 0.717) is 22.6 Å². The summed E-state index contributed by atoms with van der Waals surface area (Å²) in [5.41, 5.74) is 0.687. The fraction of sp³-hybridized carbons (Fsp3) is 0.125. The summed E-state index contributed by atoms with van der Waals surface area (Å²) >= 11 is 7.92. The van der Waals surface area contributed by atoms with Gasteiger partial charge in [0.15, 0.2) is 11.3 Å². The quantitative estimate of drug-likeness (QED) is 0.617. The average molecular weight is 455 g/mol. The summed E-state index contributed by atoms with van der Waals surface area (Å²) in [7, 11) is 1.62. The van der Waals surface area contributed by atoms with Gasteiger partial charge in [-0.25, -0.2) is 4.98 Å². The molecule has 0 atom stereocenters. The molecule has 1 amide bonds. The second-order valence-electron chi connectivity index (χ2n) is 5.24. The van der Waals surface area contributed by atoms with Gasteiger partial charge in [-0.1, -0.05) is 23.7 Å². The van der Waals surface area contributed by atoms with Gasteiger partial charge >= 0.3 is 0 Å². The van der Waals surface area contributed by atoms with Crippen molar-refractivity contribution in [2.45, 2.75) is 6.54 Å². The molecule has 1 N–H and O–H groups in total. The van der Waals surface area contributed by atoms with E-state index in [1.807, 2.05) is 12.1 Å². The normalized spacial score (nSPS) is 10.8. The van der Waals surface area contributed by atoms with Gasteiger partial charge in [0.25, 0.3) is 5.91 Å². The molecular weight excluding hydrogens is 443 g/mol. The number of carbonyl (C=O) groups is 1. The largest absolute Gasteiger partial charge is 0.336 e. The Labute approximate surface area is 156 Å². The van der Waals surface area contributed by atoms with Crippen molar-refractivity contribution in [1.29, 1.82) is 0 Å². The van der Waals surface area contributed by atoms with Gasteiger partial charge < -0.3 is 4.90 Å². The van der Waals surface area contributed by atoms with Crippen LogP contribution >= 0.6 is 34.2 Å². The third kappa shape index (κ3) is 3.41. The Kier molecular flexibility index (Phi) is 4.81. The number of hydrogen-bond donors (Lipinski definition) is 1. The van der Waals surface area contributed by atoms with Gasteiger partial charge in [0.2, 0.25) is 5.43 Å². The average Bonchev–Trinajstić information content (AvgIpc) is 2.57. The van der Waals surface area contributed by atoms with Crippen molar-refractivity contribution in [3.05, 3.63) is 66.6 Å². The molecule has 6 nitrogen and oxygen atoms in total. The highest BCUT2D eigenvalue weighted by Crippen LogP contribution is 2.13. The van der Waals surface area contributed by atoms with E-state index in [2.05, 4.69) is 37.8 Å². The Morgan fingerprint density at radius 1 is 1.33 bits per heavy atom. The molecule has 0 aliphatic heterocycles. The molecule has 0 bridgehead atoms. The first-order valence-electron chi connectivity index (χ1n) is 6.99. The maximum absolute atomic E-state index is 12.6. The van der Waals surface area contributed by atoms with E-state index in [4.69, 9.17) is 11.6 Å². The van der Waals surface area contributed by atoms with Gasteiger partial charge in [-0.15, -0.1) is 0 Å². The summed E-state index contributed by atoms with van der Waals surface area (Å²) in [5.74, 6) is -0.452. The minimum atomic E-state index is -0.452. The molecule has 0 radical (unpaired) electrons. The van der Waals surface area contributed by atoms with Crippen LogP contribution in [0.4, 0.5) is 0 Å². The smallest absolute Gasteiger partial charge is 0.278 e. The molecule has 0 fully saturated rings. The molecule has 1 aromatic carbocycles. The highest BCUT2D eigenvalue weighted by molar-refractivity contribution is 14.1. The molecule has 0 spiro atoms. The third-order valence-electron chi connectivity index (χ3n) is 3.47. The summed E-state index contributed by atoms with van der Waals surface area (Å²) in [6.45, 7) is 0.347. The lowest BCUT2D eigenvalue weighted by Crippen LogP contribution is -2.32. The van der Waals surface area contributed by atoms with Crippen LogP contribution in [0, 0.1) is 3.57 Å². The number of nitrogens with one attached hydrogen (secondary N) is 1. The molecule has 24 heavy (non-hydrogen) atoms. The first-order chi connectivity index (χ1) is 11.5. The Bertz CT molecular complexity index is 972. The zero-order valence-electron chi connectivity index (χ0n) is 12.6. The standard InChI is InChI=1S/C16H12ClIN4O2/c1-22(8-9-2-4-10(17)5-3-9)16(24)13-14(23)12-6-11(18)7-19-15(12)21-20-13/h2-7H,8H2,1H3,(H,19,21,23). The van der Waals surface area contributed by atoms with Crippen LogP contribution in [0.25, 0.3) is 11.0 Å². The number of rotatable bonds is 3. The van der Waals surface area contributed by atoms with Crippen LogP contribution in [0.3, 0.4) is 0 Å². The minimum Gasteiger partial charge on any atom is -0.336 e. The van der Waals surface area contributed by atoms with Gasteiger partial charge in [0.1, 0.15) is 0 Å². The van der Waals surface area contributed by atoms with E-state index < -0.39 is 11.3 Å². The number of pyridine rings is 1. The van der Waals surface area contributed by atoms with Gasteiger partial charge in [-0.3, -0.25) is 14.7 Å². The van der Waals surface area contributed by atoms with E-state index >= 15 is 0 Å². The number of aromatic nitrogens is 3. The van der Waals surface area contributed by atoms with E-state index in [0.717, 1.165) is 9.13 Å². The zero-order valence-corrected chi connectivity index (χ0v) is 15.5. The summed E-state index contributed by atoms with van der Waals surface area (Å²) in [6.07, 6.45) is 1.62. The van der Waals surface area contributed by atoms with E-state index in [9.17, 15) is 9.59 Å². The maximum Gasteiger partial charge on any atom is 0.278 e. The van der Waals surface area contributed by atoms with E-state index in [1.54, 1.807) is 31.4 Å². The van der Waals surface area contributed by atoms with Crippen LogP contribution in [0.15, 0.2) is 41.3 Å². The fourth-order valence-corrected chi connectivity index (χ4v) is 2.83. The minimum absolute atomic E-state index is 0.150. The lowest BCUT2D eigenvalue weighted by atomic mass is 10.2. The second-order valence-corrected chi connectivity index (χ2v) is 6.92. The first-order valence-corrected chi connectivity index (χ1v) is 8.45. The molecule has 0 saturated carbocycles. The van der Waals surface area contributed by atoms with Crippen LogP contribution in [0.1, 0.15) is 16.1 Å². The summed E-state index contributed by atoms with van der Waals surface area (Å²) in [5, 5.41) is 7.54. The lowest BCUT2D eigenvalue weighted by Gasteiger charge is -2.16. The van der Waals surface area contributed by atoms with Gasteiger partial charge in [0.05, 0.1) is 5.39 Å². The predicted molar refractivity (Wildman–Crippen MR) is 100 cm³/mol. The molecule has 3 aromatic rings. The Morgan fingerprint density at radius 3 is 2.75 bits per heavy atom. The van der Waals surface area contributed by atoms with Crippen LogP contribution < -0.4 is 5.43 Å². The second kappa shape index (κ2) is 6.86. The number of amides is 1. The van der Waals surface area contributed by atoms with Gasteiger partial charge in [-0.2, -0.15) is 5.10 Å². The molecule has 3 rings (SSSR count). The molecule has 8 heteroatoms. The number of H-pyrrole nitrogens is 1. The van der Waals surface area contributed by atoms with Gasteiger partial charge in [-0.05, 0) is 46.4 Å². The number of carbonyl (C=O) groups excluding carboxylic acids is 1. The van der Waals surface area contributed by atoms with Crippen molar-refractivity contribution >= 4 is 51.1 Å². The number of hydrogen-bond acceptors (Lipinski definition) is 4. The summed E-state index contributed by atoms with van der Waals surface area (Å²) < 4.78 is 0.810. The van der Waals surface area contributed by atoms with Crippen LogP contribution in [0.5, 0.6) is 0 Å². The topological polar surface area (TPSA) is 79.0 Å². The highest BCUT2D eigenvalue weighted by atomic mass is 127. The van der Waals surface area contributed by atoms with Crippen LogP contribution in [0.2, 0.25) is 5.02 Å². The van der Waals surface area contributed by atoms with Crippen LogP contribution in [-0.4, -0.2) is 33.0 Å². The van der Waals surface area contributed by atoms with Crippen molar-refractivity contribution in [1.82, 2.24) is 20.1 Å². The van der Waals surface area contributed by atoms with Crippen molar-refractivity contribution in [2.75, 3.05) is 7.05 Å². The Hall–Kier alpha value is -2.00. The number of nitrogens with zero attached hydrogens (tertiary/aromatic N) is 3. The monoisotopic (exact) mass is 454 g/mol. The predicted octanol–water partition coefficient (Wildman–Crippen LogP) is 2.85. The Morgan fingerprint density at radius 2 is 2.04 bits per heavy atom. The SMILES string of the molecule is CN(Cc1ccc(Cl)cc1)C(=O)c1n[nH]c2ncc(I)cc2c1=O. The third-order valence-corrected chi connectivity index (χ3v) is 4.31. The number of fused-ring (bicyclic) bond motifs is 1. The molecule has 0 unspecified atom stereocenters. The fourth-order valence-electron chi connectivity index (χ4n) is 2.25. The number of aromatic amines is 1. The summed E-state index contributed by atoms with van der Waals surface area (Å²) in [6, 6.07) is 8.85. The molecule has 2 heterocycles. The molecule has 0 aliphatic carbocycles. The van der Waals surface area contributed by atoms with E-state index in [1.165, 1.54) is 4.90 Å². The maximum atomic E-state index is 12.6. The van der Waals surface area contributed by atoms with Crippen molar-refractivity contribution in [3.8, 4) is 0 Å². The Balaban J connectivity index is 1.91. The highest BCUT2D eigenvalue weighted by Gasteiger charge is 2.19. The number of benzene rings is 1. The molecule has 122 valence electrons. The van der Waals surface area contributed by atoms with Crippen molar-refractivity contribution in [3.63, 3.8) is 0 Å². The number of halogens is 2. The molecule has 2 aromatic heterocycles. The lowest BCUT2D eigenvalue weighted by molar-refractivity contribution is 0.0777. The van der Waals surface area contributed by atoms with Crippen molar-refractivity contribution in [2.24, 2.45) is 0 Å². The zero-order chi connectivity index (χ0) is 17.3. The van der Waals surface area contributed by atoms with Crippen LogP contribution in [-0.2, 0) is 6.54 Å². The van der Waals surface area contributed by atoms with Gasteiger partial charge in [0, 0.05) is 28.4 Å². The molecular formula is C16H12ClIN4O2. The van der Waals surface area contributed by atoms with Crippen molar-refractivity contribution < 1.29 is 4.79 Å². The summed E-state index contributed by atoms with van der Waals surface area (Å²) in [4.78, 5) is 30.6. The molecule has 0 saturated heterocycles. The van der Waals surface area contributed by atoms with E-state index in [-0.39, 0.29) is 5.69 Å². The molecule has 0 aliphatic rings. The first kappa shape index (κ1) is 16.8.